The molecule has 0 bridgehead atoms. The SMILES string of the molecule is CCC(C)C(NC(=O)CN)C(=O)NC(Cc1ccccc1)C(=O)NC(Cc1ccc(O)cc1)C(=O)NC(Cc1ccccc1)C(N)=O. The van der Waals surface area contributed by atoms with Crippen LogP contribution in [0.3, 0.4) is 0 Å². The zero-order valence-corrected chi connectivity index (χ0v) is 26.6. The van der Waals surface area contributed by atoms with E-state index >= 15 is 0 Å². The molecule has 3 rings (SSSR count). The van der Waals surface area contributed by atoms with Crippen LogP contribution in [0.25, 0.3) is 0 Å². The molecule has 47 heavy (non-hydrogen) atoms. The molecule has 9 N–H and O–H groups in total. The van der Waals surface area contributed by atoms with Crippen LogP contribution >= 0.6 is 0 Å². The highest BCUT2D eigenvalue weighted by atomic mass is 16.3. The zero-order chi connectivity index (χ0) is 34.3. The second kappa shape index (κ2) is 18.1. The predicted octanol–water partition coefficient (Wildman–Crippen LogP) is 0.849. The molecule has 0 aromatic heterocycles. The summed E-state index contributed by atoms with van der Waals surface area (Å²) in [5.74, 6) is -3.40. The Bertz CT molecular complexity index is 1490. The van der Waals surface area contributed by atoms with Crippen LogP contribution in [0.5, 0.6) is 5.75 Å². The van der Waals surface area contributed by atoms with Gasteiger partial charge in [-0.3, -0.25) is 24.0 Å². The molecule has 250 valence electrons. The Labute approximate surface area is 274 Å². The summed E-state index contributed by atoms with van der Waals surface area (Å²) in [6.45, 7) is 3.37. The number of primary amides is 1. The third-order valence-corrected chi connectivity index (χ3v) is 7.86. The molecule has 0 spiro atoms. The quantitative estimate of drug-likeness (QED) is 0.113. The van der Waals surface area contributed by atoms with Crippen LogP contribution in [0.4, 0.5) is 0 Å². The molecule has 5 amide bonds. The molecule has 0 aliphatic carbocycles. The first-order chi connectivity index (χ1) is 22.5. The summed E-state index contributed by atoms with van der Waals surface area (Å²) in [7, 11) is 0. The number of phenolic OH excluding ortho intramolecular Hbond substituents is 1. The normalized spacial score (nSPS) is 14.0. The van der Waals surface area contributed by atoms with Crippen LogP contribution in [0, 0.1) is 5.92 Å². The summed E-state index contributed by atoms with van der Waals surface area (Å²) < 4.78 is 0. The Hall–Kier alpha value is -5.23. The van der Waals surface area contributed by atoms with Gasteiger partial charge in [0.1, 0.15) is 29.9 Å². The lowest BCUT2D eigenvalue weighted by molar-refractivity contribution is -0.134. The topological polar surface area (TPSA) is 206 Å². The van der Waals surface area contributed by atoms with Crippen LogP contribution in [0.15, 0.2) is 84.9 Å². The lowest BCUT2D eigenvalue weighted by Gasteiger charge is -2.28. The molecule has 0 radical (unpaired) electrons. The van der Waals surface area contributed by atoms with Crippen molar-refractivity contribution >= 4 is 29.5 Å². The van der Waals surface area contributed by atoms with Gasteiger partial charge in [-0.1, -0.05) is 93.1 Å². The van der Waals surface area contributed by atoms with Crippen LogP contribution < -0.4 is 32.7 Å². The number of nitrogens with two attached hydrogens (primary N) is 2. The highest BCUT2D eigenvalue weighted by Crippen LogP contribution is 2.14. The molecular formula is C35H44N6O6. The zero-order valence-electron chi connectivity index (χ0n) is 26.6. The second-order valence-electron chi connectivity index (χ2n) is 11.5. The molecule has 0 aliphatic rings. The molecule has 0 saturated heterocycles. The van der Waals surface area contributed by atoms with Crippen molar-refractivity contribution in [2.75, 3.05) is 6.54 Å². The van der Waals surface area contributed by atoms with Gasteiger partial charge >= 0.3 is 0 Å². The number of hydrogen-bond acceptors (Lipinski definition) is 7. The number of benzene rings is 3. The van der Waals surface area contributed by atoms with Crippen LogP contribution in [0.1, 0.15) is 37.0 Å². The molecular weight excluding hydrogens is 600 g/mol. The van der Waals surface area contributed by atoms with Gasteiger partial charge in [-0.2, -0.15) is 0 Å². The summed E-state index contributed by atoms with van der Waals surface area (Å²) in [6, 6.07) is 19.8. The Morgan fingerprint density at radius 3 is 1.51 bits per heavy atom. The Morgan fingerprint density at radius 2 is 1.06 bits per heavy atom. The van der Waals surface area contributed by atoms with Crippen molar-refractivity contribution in [1.82, 2.24) is 21.3 Å². The fourth-order valence-electron chi connectivity index (χ4n) is 4.95. The second-order valence-corrected chi connectivity index (χ2v) is 11.5. The minimum absolute atomic E-state index is 0.00271. The van der Waals surface area contributed by atoms with Gasteiger partial charge in [-0.05, 0) is 34.7 Å². The minimum atomic E-state index is -1.19. The average molecular weight is 645 g/mol. The third kappa shape index (κ3) is 11.6. The standard InChI is InChI=1S/C35H44N6O6/c1-3-22(2)31(41-30(43)21-36)35(47)40-29(19-24-12-8-5-9-13-24)34(46)39-28(20-25-14-16-26(42)17-15-25)33(45)38-27(32(37)44)18-23-10-6-4-7-11-23/h4-17,22,27-29,31,42H,3,18-21,36H2,1-2H3,(H2,37,44)(H,38,45)(H,39,46)(H,40,47)(H,41,43). The summed E-state index contributed by atoms with van der Waals surface area (Å²) in [6.07, 6.45) is 0.794. The lowest BCUT2D eigenvalue weighted by Crippen LogP contribution is -2.60. The van der Waals surface area contributed by atoms with Crippen molar-refractivity contribution in [3.63, 3.8) is 0 Å². The molecule has 0 fully saturated rings. The summed E-state index contributed by atoms with van der Waals surface area (Å²) in [4.78, 5) is 65.7. The lowest BCUT2D eigenvalue weighted by atomic mass is 9.97. The van der Waals surface area contributed by atoms with Gasteiger partial charge in [0.2, 0.25) is 29.5 Å². The molecule has 12 heteroatoms. The predicted molar refractivity (Wildman–Crippen MR) is 178 cm³/mol. The Balaban J connectivity index is 1.90. The fraction of sp³-hybridized carbons (Fsp3) is 0.343. The molecule has 3 aromatic carbocycles. The van der Waals surface area contributed by atoms with E-state index in [1.807, 2.05) is 19.1 Å². The third-order valence-electron chi connectivity index (χ3n) is 7.86. The summed E-state index contributed by atoms with van der Waals surface area (Å²) >= 11 is 0. The number of hydrogen-bond donors (Lipinski definition) is 7. The average Bonchev–Trinajstić information content (AvgIpc) is 3.07. The maximum atomic E-state index is 13.9. The van der Waals surface area contributed by atoms with Gasteiger partial charge < -0.3 is 37.8 Å². The number of nitrogens with one attached hydrogen (secondary N) is 4. The van der Waals surface area contributed by atoms with E-state index in [1.54, 1.807) is 67.6 Å². The van der Waals surface area contributed by atoms with Crippen molar-refractivity contribution in [3.8, 4) is 5.75 Å². The molecule has 12 nitrogen and oxygen atoms in total. The van der Waals surface area contributed by atoms with Gasteiger partial charge in [0, 0.05) is 19.3 Å². The summed E-state index contributed by atoms with van der Waals surface area (Å²) in [5, 5.41) is 20.6. The monoisotopic (exact) mass is 644 g/mol. The van der Waals surface area contributed by atoms with E-state index < -0.39 is 53.7 Å². The highest BCUT2D eigenvalue weighted by Gasteiger charge is 2.32. The maximum Gasteiger partial charge on any atom is 0.243 e. The van der Waals surface area contributed by atoms with Gasteiger partial charge in [-0.15, -0.1) is 0 Å². The number of phenols is 1. The van der Waals surface area contributed by atoms with Gasteiger partial charge in [-0.25, -0.2) is 0 Å². The van der Waals surface area contributed by atoms with Crippen molar-refractivity contribution in [3.05, 3.63) is 102 Å². The van der Waals surface area contributed by atoms with Crippen molar-refractivity contribution in [2.45, 2.75) is 63.7 Å². The highest BCUT2D eigenvalue weighted by molar-refractivity contribution is 5.95. The van der Waals surface area contributed by atoms with Gasteiger partial charge in [0.15, 0.2) is 0 Å². The summed E-state index contributed by atoms with van der Waals surface area (Å²) in [5.41, 5.74) is 13.3. The number of aromatic hydroxyl groups is 1. The Kier molecular flexibility index (Phi) is 13.9. The largest absolute Gasteiger partial charge is 0.508 e. The molecule has 5 atom stereocenters. The molecule has 0 heterocycles. The van der Waals surface area contributed by atoms with Crippen molar-refractivity contribution < 1.29 is 29.1 Å². The minimum Gasteiger partial charge on any atom is -0.508 e. The molecule has 0 saturated carbocycles. The number of carbonyl (C=O) groups excluding carboxylic acids is 5. The fourth-order valence-corrected chi connectivity index (χ4v) is 4.95. The van der Waals surface area contributed by atoms with Gasteiger partial charge in [0.05, 0.1) is 6.54 Å². The van der Waals surface area contributed by atoms with E-state index in [0.717, 1.165) is 11.1 Å². The van der Waals surface area contributed by atoms with Crippen LogP contribution in [-0.4, -0.2) is 65.4 Å². The number of carbonyl (C=O) groups is 5. The molecule has 5 unspecified atom stereocenters. The van der Waals surface area contributed by atoms with E-state index in [-0.39, 0.29) is 37.5 Å². The smallest absolute Gasteiger partial charge is 0.243 e. The first-order valence-corrected chi connectivity index (χ1v) is 15.6. The number of rotatable bonds is 17. The van der Waals surface area contributed by atoms with E-state index in [2.05, 4.69) is 21.3 Å². The van der Waals surface area contributed by atoms with Crippen molar-refractivity contribution in [2.24, 2.45) is 17.4 Å². The van der Waals surface area contributed by atoms with Crippen LogP contribution in [-0.2, 0) is 43.2 Å². The molecule has 3 aromatic rings. The first kappa shape index (κ1) is 36.2. The van der Waals surface area contributed by atoms with Crippen LogP contribution in [0.2, 0.25) is 0 Å². The first-order valence-electron chi connectivity index (χ1n) is 15.6. The maximum absolute atomic E-state index is 13.9. The van der Waals surface area contributed by atoms with Gasteiger partial charge in [0.25, 0.3) is 0 Å². The number of amides is 5. The van der Waals surface area contributed by atoms with E-state index in [1.165, 1.54) is 12.1 Å². The van der Waals surface area contributed by atoms with E-state index in [9.17, 15) is 29.1 Å². The Morgan fingerprint density at radius 1 is 0.638 bits per heavy atom. The van der Waals surface area contributed by atoms with E-state index in [4.69, 9.17) is 11.5 Å². The van der Waals surface area contributed by atoms with E-state index in [0.29, 0.717) is 12.0 Å². The van der Waals surface area contributed by atoms with Crippen molar-refractivity contribution in [1.29, 1.82) is 0 Å². The molecule has 0 aliphatic heterocycles.